The molecule has 7 nitrogen and oxygen atoms in total. The summed E-state index contributed by atoms with van der Waals surface area (Å²) in [5, 5.41) is 6.14. The van der Waals surface area contributed by atoms with Gasteiger partial charge in [0.05, 0.1) is 0 Å². The van der Waals surface area contributed by atoms with Gasteiger partial charge in [-0.3, -0.25) is 14.4 Å². The zero-order chi connectivity index (χ0) is 20.0. The van der Waals surface area contributed by atoms with Crippen LogP contribution in [0, 0.1) is 11.6 Å². The van der Waals surface area contributed by atoms with Crippen molar-refractivity contribution in [3.8, 4) is 0 Å². The van der Waals surface area contributed by atoms with Crippen molar-refractivity contribution >= 4 is 17.5 Å². The molecule has 0 aliphatic rings. The van der Waals surface area contributed by atoms with E-state index in [-0.39, 0.29) is 17.8 Å². The van der Waals surface area contributed by atoms with E-state index in [9.17, 15) is 23.2 Å². The normalized spacial score (nSPS) is 10.5. The molecule has 0 aliphatic heterocycles. The van der Waals surface area contributed by atoms with Crippen LogP contribution < -0.4 is 10.9 Å². The molecule has 2 amide bonds. The zero-order valence-corrected chi connectivity index (χ0v) is 15.0. The van der Waals surface area contributed by atoms with Gasteiger partial charge in [0.1, 0.15) is 29.6 Å². The van der Waals surface area contributed by atoms with Crippen LogP contribution in [0.15, 0.2) is 35.1 Å². The van der Waals surface area contributed by atoms with Crippen molar-refractivity contribution in [3.05, 3.63) is 58.0 Å². The van der Waals surface area contributed by atoms with Gasteiger partial charge in [0.2, 0.25) is 5.91 Å². The minimum Gasteiger partial charge on any atom is -0.328 e. The summed E-state index contributed by atoms with van der Waals surface area (Å²) in [6.07, 6.45) is 0.665. The fourth-order valence-electron chi connectivity index (χ4n) is 2.39. The Morgan fingerprint density at radius 3 is 2.41 bits per heavy atom. The monoisotopic (exact) mass is 378 g/mol. The second kappa shape index (κ2) is 9.02. The summed E-state index contributed by atoms with van der Waals surface area (Å²) in [7, 11) is 0. The Balaban J connectivity index is 2.14. The highest BCUT2D eigenvalue weighted by atomic mass is 19.1. The molecule has 0 atom stereocenters. The number of carbonyl (C=O) groups is 2. The van der Waals surface area contributed by atoms with E-state index in [1.165, 1.54) is 22.9 Å². The molecule has 144 valence electrons. The van der Waals surface area contributed by atoms with Gasteiger partial charge < -0.3 is 10.2 Å². The van der Waals surface area contributed by atoms with Crippen molar-refractivity contribution in [2.45, 2.75) is 26.8 Å². The molecule has 0 aliphatic carbocycles. The first-order chi connectivity index (χ1) is 12.9. The number of aromatic nitrogens is 2. The topological polar surface area (TPSA) is 84.3 Å². The Labute approximate surface area is 154 Å². The largest absolute Gasteiger partial charge is 0.328 e. The number of aryl methyl sites for hydroxylation is 1. The lowest BCUT2D eigenvalue weighted by atomic mass is 10.2. The van der Waals surface area contributed by atoms with Gasteiger partial charge in [0.25, 0.3) is 11.5 Å². The van der Waals surface area contributed by atoms with Crippen molar-refractivity contribution in [3.63, 3.8) is 0 Å². The molecule has 0 saturated heterocycles. The fourth-order valence-corrected chi connectivity index (χ4v) is 2.39. The van der Waals surface area contributed by atoms with E-state index >= 15 is 0 Å². The number of para-hydroxylation sites is 1. The lowest BCUT2D eigenvalue weighted by Crippen LogP contribution is -2.39. The van der Waals surface area contributed by atoms with Crippen LogP contribution in [0.25, 0.3) is 0 Å². The molecular weight excluding hydrogens is 358 g/mol. The van der Waals surface area contributed by atoms with Crippen LogP contribution in [-0.2, 0) is 11.3 Å². The molecule has 27 heavy (non-hydrogen) atoms. The van der Waals surface area contributed by atoms with Gasteiger partial charge in [-0.25, -0.2) is 13.5 Å². The van der Waals surface area contributed by atoms with Crippen molar-refractivity contribution in [2.75, 3.05) is 18.4 Å². The van der Waals surface area contributed by atoms with E-state index in [1.807, 2.05) is 6.92 Å². The Morgan fingerprint density at radius 1 is 1.15 bits per heavy atom. The number of hydrogen-bond acceptors (Lipinski definition) is 4. The van der Waals surface area contributed by atoms with Crippen LogP contribution in [0.1, 0.15) is 30.8 Å². The average Bonchev–Trinajstić information content (AvgIpc) is 2.64. The van der Waals surface area contributed by atoms with Crippen LogP contribution in [0.4, 0.5) is 14.5 Å². The molecule has 0 radical (unpaired) electrons. The Kier molecular flexibility index (Phi) is 6.75. The number of anilines is 1. The molecule has 2 aromatic rings. The quantitative estimate of drug-likeness (QED) is 0.799. The van der Waals surface area contributed by atoms with Crippen molar-refractivity contribution in [1.29, 1.82) is 0 Å². The van der Waals surface area contributed by atoms with Crippen LogP contribution in [0.2, 0.25) is 0 Å². The molecular formula is C18H20F2N4O3. The van der Waals surface area contributed by atoms with E-state index in [4.69, 9.17) is 0 Å². The second-order valence-corrected chi connectivity index (χ2v) is 5.74. The minimum absolute atomic E-state index is 0.00905. The number of hydrogen-bond donors (Lipinski definition) is 1. The number of nitrogens with zero attached hydrogens (tertiary/aromatic N) is 3. The van der Waals surface area contributed by atoms with Gasteiger partial charge in [0.15, 0.2) is 0 Å². The molecule has 9 heteroatoms. The fraction of sp³-hybridized carbons (Fsp3) is 0.333. The molecule has 1 aromatic carbocycles. The Morgan fingerprint density at radius 2 is 1.81 bits per heavy atom. The number of likely N-dealkylation sites (N-methyl/N-ethyl adjacent to an activating group) is 1. The van der Waals surface area contributed by atoms with Crippen molar-refractivity contribution in [2.24, 2.45) is 0 Å². The predicted molar refractivity (Wildman–Crippen MR) is 95.4 cm³/mol. The molecule has 0 unspecified atom stereocenters. The third-order valence-electron chi connectivity index (χ3n) is 3.75. The number of rotatable bonds is 7. The van der Waals surface area contributed by atoms with E-state index in [0.717, 1.165) is 17.0 Å². The van der Waals surface area contributed by atoms with E-state index in [0.29, 0.717) is 13.0 Å². The van der Waals surface area contributed by atoms with Gasteiger partial charge in [-0.05, 0) is 31.5 Å². The van der Waals surface area contributed by atoms with Gasteiger partial charge in [0, 0.05) is 19.2 Å². The number of nitrogens with one attached hydrogen (secondary N) is 1. The predicted octanol–water partition coefficient (Wildman–Crippen LogP) is 2.03. The molecule has 0 spiro atoms. The summed E-state index contributed by atoms with van der Waals surface area (Å²) in [4.78, 5) is 37.6. The van der Waals surface area contributed by atoms with Gasteiger partial charge in [-0.2, -0.15) is 5.10 Å². The number of halogens is 2. The third kappa shape index (κ3) is 4.96. The minimum atomic E-state index is -0.911. The Bertz CT molecular complexity index is 878. The highest BCUT2D eigenvalue weighted by Crippen LogP contribution is 2.17. The number of amides is 2. The average molecular weight is 378 g/mol. The summed E-state index contributed by atoms with van der Waals surface area (Å²) in [6.45, 7) is 3.63. The van der Waals surface area contributed by atoms with Crippen LogP contribution in [0.5, 0.6) is 0 Å². The first-order valence-electron chi connectivity index (χ1n) is 8.48. The summed E-state index contributed by atoms with van der Waals surface area (Å²) < 4.78 is 28.4. The van der Waals surface area contributed by atoms with Crippen LogP contribution in [-0.4, -0.2) is 39.6 Å². The number of carbonyl (C=O) groups excluding carboxylic acids is 2. The molecule has 1 N–H and O–H groups in total. The van der Waals surface area contributed by atoms with Crippen molar-refractivity contribution < 1.29 is 18.4 Å². The Hall–Kier alpha value is -3.10. The lowest BCUT2D eigenvalue weighted by molar-refractivity contribution is -0.116. The molecule has 1 heterocycles. The highest BCUT2D eigenvalue weighted by Gasteiger charge is 2.21. The first-order valence-corrected chi connectivity index (χ1v) is 8.48. The molecule has 0 fully saturated rings. The van der Waals surface area contributed by atoms with Gasteiger partial charge in [-0.15, -0.1) is 0 Å². The van der Waals surface area contributed by atoms with E-state index < -0.39 is 35.7 Å². The maximum Gasteiger partial charge on any atom is 0.274 e. The first kappa shape index (κ1) is 20.2. The lowest BCUT2D eigenvalue weighted by Gasteiger charge is -2.20. The summed E-state index contributed by atoms with van der Waals surface area (Å²) in [6, 6.07) is 5.73. The zero-order valence-electron chi connectivity index (χ0n) is 15.0. The standard InChI is InChI=1S/C18H20F2N4O3/c1-3-10-24-16(26)9-8-14(22-24)18(27)23(4-2)11-15(25)21-17-12(19)6-5-7-13(17)20/h5-9H,3-4,10-11H2,1-2H3,(H,21,25). The van der Waals surface area contributed by atoms with E-state index in [2.05, 4.69) is 10.4 Å². The second-order valence-electron chi connectivity index (χ2n) is 5.74. The maximum absolute atomic E-state index is 13.6. The molecule has 0 saturated carbocycles. The van der Waals surface area contributed by atoms with E-state index in [1.54, 1.807) is 6.92 Å². The third-order valence-corrected chi connectivity index (χ3v) is 3.75. The van der Waals surface area contributed by atoms with Crippen LogP contribution >= 0.6 is 0 Å². The molecule has 2 rings (SSSR count). The van der Waals surface area contributed by atoms with Crippen molar-refractivity contribution in [1.82, 2.24) is 14.7 Å². The molecule has 1 aromatic heterocycles. The highest BCUT2D eigenvalue weighted by molar-refractivity contribution is 5.98. The smallest absolute Gasteiger partial charge is 0.274 e. The van der Waals surface area contributed by atoms with Crippen LogP contribution in [0.3, 0.4) is 0 Å². The summed E-state index contributed by atoms with van der Waals surface area (Å²) in [5.74, 6) is -3.14. The SMILES string of the molecule is CCCn1nc(C(=O)N(CC)CC(=O)Nc2c(F)cccc2F)ccc1=O. The summed E-state index contributed by atoms with van der Waals surface area (Å²) in [5.41, 5.74) is -0.889. The maximum atomic E-state index is 13.6. The molecule has 0 bridgehead atoms. The van der Waals surface area contributed by atoms with Gasteiger partial charge >= 0.3 is 0 Å². The summed E-state index contributed by atoms with van der Waals surface area (Å²) >= 11 is 0. The van der Waals surface area contributed by atoms with Gasteiger partial charge in [-0.1, -0.05) is 13.0 Å². The number of benzene rings is 1.